The molecule has 0 aromatic carbocycles. The molecule has 0 saturated carbocycles. The summed E-state index contributed by atoms with van der Waals surface area (Å²) in [7, 11) is -5.23. The summed E-state index contributed by atoms with van der Waals surface area (Å²) in [6.45, 7) is -0.893. The lowest BCUT2D eigenvalue weighted by Crippen LogP contribution is -2.49. The Bertz CT molecular complexity index is 353. The fourth-order valence-electron chi connectivity index (χ4n) is 1.35. The molecule has 0 spiro atoms. The van der Waals surface area contributed by atoms with Crippen molar-refractivity contribution in [2.45, 2.75) is 29.5 Å². The molecule has 0 radical (unpaired) electrons. The van der Waals surface area contributed by atoms with E-state index >= 15 is 0 Å². The predicted molar refractivity (Wildman–Crippen MR) is 46.5 cm³/mol. The highest BCUT2D eigenvalue weighted by Crippen LogP contribution is 2.34. The lowest BCUT2D eigenvalue weighted by atomic mass is 10.1. The number of hydrogen-bond acceptors (Lipinski definition) is 8. The van der Waals surface area contributed by atoms with E-state index in [0.29, 0.717) is 0 Å². The Morgan fingerprint density at radius 3 is 2.19 bits per heavy atom. The maximum absolute atomic E-state index is 10.7. The van der Waals surface area contributed by atoms with Crippen molar-refractivity contribution < 1.29 is 43.2 Å². The van der Waals surface area contributed by atoms with Crippen molar-refractivity contribution >= 4 is 10.1 Å². The van der Waals surface area contributed by atoms with Gasteiger partial charge in [0.25, 0.3) is 0 Å². The van der Waals surface area contributed by atoms with Gasteiger partial charge in [-0.2, -0.15) is 8.42 Å². The molecule has 0 amide bonds. The van der Waals surface area contributed by atoms with Crippen LogP contribution in [0.2, 0.25) is 0 Å². The average Bonchev–Trinajstić information content (AvgIpc) is 2.42. The van der Waals surface area contributed by atoms with Gasteiger partial charge in [-0.3, -0.25) is 4.55 Å². The molecular formula is C6H12O9S. The van der Waals surface area contributed by atoms with Crippen molar-refractivity contribution in [1.82, 2.24) is 0 Å². The van der Waals surface area contributed by atoms with E-state index < -0.39 is 46.3 Å². The molecule has 5 atom stereocenters. The summed E-state index contributed by atoms with van der Waals surface area (Å²) in [5.41, 5.74) is 0. The van der Waals surface area contributed by atoms with Crippen molar-refractivity contribution in [2.24, 2.45) is 0 Å². The van der Waals surface area contributed by atoms with Crippen LogP contribution in [0.1, 0.15) is 0 Å². The topological polar surface area (TPSA) is 165 Å². The molecule has 0 bridgehead atoms. The largest absolute Gasteiger partial charge is 0.394 e. The molecule has 1 aliphatic rings. The highest BCUT2D eigenvalue weighted by Gasteiger charge is 2.62. The van der Waals surface area contributed by atoms with Crippen molar-refractivity contribution in [3.05, 3.63) is 0 Å². The Kier molecular flexibility index (Phi) is 3.57. The number of rotatable bonds is 3. The fourth-order valence-corrected chi connectivity index (χ4v) is 2.03. The van der Waals surface area contributed by atoms with Gasteiger partial charge in [0.05, 0.1) is 6.61 Å². The molecule has 1 unspecified atom stereocenters. The Labute approximate surface area is 90.3 Å². The lowest BCUT2D eigenvalue weighted by molar-refractivity contribution is -0.184. The van der Waals surface area contributed by atoms with Crippen LogP contribution in [0.3, 0.4) is 0 Å². The van der Waals surface area contributed by atoms with Gasteiger partial charge in [-0.05, 0) is 0 Å². The first-order valence-corrected chi connectivity index (χ1v) is 5.61. The molecular weight excluding hydrogens is 248 g/mol. The predicted octanol–water partition coefficient (Wildman–Crippen LogP) is -4.01. The Morgan fingerprint density at radius 2 is 1.88 bits per heavy atom. The summed E-state index contributed by atoms with van der Waals surface area (Å²) in [5.74, 6) is 0. The van der Waals surface area contributed by atoms with Gasteiger partial charge in [-0.1, -0.05) is 0 Å². The van der Waals surface area contributed by atoms with Crippen molar-refractivity contribution in [1.29, 1.82) is 0 Å². The summed E-state index contributed by atoms with van der Waals surface area (Å²) in [4.78, 5) is 0. The average molecular weight is 260 g/mol. The molecule has 1 rings (SSSR count). The van der Waals surface area contributed by atoms with Gasteiger partial charge in [-0.25, -0.2) is 0 Å². The minimum atomic E-state index is -5.23. The van der Waals surface area contributed by atoms with Crippen LogP contribution in [0.4, 0.5) is 0 Å². The molecule has 1 fully saturated rings. The number of aliphatic hydroxyl groups excluding tert-OH is 4. The summed E-state index contributed by atoms with van der Waals surface area (Å²) >= 11 is 0. The zero-order chi connectivity index (χ0) is 12.7. The summed E-state index contributed by atoms with van der Waals surface area (Å²) in [5, 5.41) is 42.0. The van der Waals surface area contributed by atoms with E-state index in [1.165, 1.54) is 0 Å². The van der Waals surface area contributed by atoms with Crippen LogP contribution in [-0.2, 0) is 14.9 Å². The van der Waals surface area contributed by atoms with Crippen LogP contribution in [0, 0.1) is 0 Å². The lowest BCUT2D eigenvalue weighted by Gasteiger charge is -2.22. The van der Waals surface area contributed by atoms with Gasteiger partial charge in [0.15, 0.2) is 6.10 Å². The van der Waals surface area contributed by atoms with Crippen molar-refractivity contribution in [3.63, 3.8) is 0 Å². The third-order valence-corrected chi connectivity index (χ3v) is 3.35. The quantitative estimate of drug-likeness (QED) is 0.277. The Morgan fingerprint density at radius 1 is 1.38 bits per heavy atom. The molecule has 1 aliphatic heterocycles. The van der Waals surface area contributed by atoms with E-state index in [1.807, 2.05) is 0 Å². The van der Waals surface area contributed by atoms with Gasteiger partial charge >= 0.3 is 15.2 Å². The van der Waals surface area contributed by atoms with E-state index in [4.69, 9.17) is 14.8 Å². The Balaban J connectivity index is 3.05. The second-order valence-corrected chi connectivity index (χ2v) is 4.91. The van der Waals surface area contributed by atoms with Crippen LogP contribution in [0.5, 0.6) is 0 Å². The Hall–Kier alpha value is -0.330. The first kappa shape index (κ1) is 13.7. The van der Waals surface area contributed by atoms with E-state index in [-0.39, 0.29) is 0 Å². The molecule has 1 saturated heterocycles. The highest BCUT2D eigenvalue weighted by atomic mass is 32.2. The normalized spacial score (nSPS) is 42.2. The minimum absolute atomic E-state index is 0.893. The second kappa shape index (κ2) is 4.16. The van der Waals surface area contributed by atoms with E-state index in [9.17, 15) is 23.7 Å². The zero-order valence-corrected chi connectivity index (χ0v) is 8.65. The summed E-state index contributed by atoms with van der Waals surface area (Å²) in [6, 6.07) is 0. The van der Waals surface area contributed by atoms with Crippen molar-refractivity contribution in [2.75, 3.05) is 6.61 Å². The van der Waals surface area contributed by atoms with Gasteiger partial charge in [0, 0.05) is 0 Å². The molecule has 9 nitrogen and oxygen atoms in total. The molecule has 0 aromatic rings. The SMILES string of the molecule is O=S(=O)(O)C1(O)O[C@H]([C@H](O)CO)[C@H](O)[C@H]1O. The first-order valence-electron chi connectivity index (χ1n) is 4.17. The molecule has 16 heavy (non-hydrogen) atoms. The maximum Gasteiger partial charge on any atom is 0.327 e. The summed E-state index contributed by atoms with van der Waals surface area (Å²) < 4.78 is 34.4. The van der Waals surface area contributed by atoms with E-state index in [2.05, 4.69) is 4.74 Å². The van der Waals surface area contributed by atoms with Crippen LogP contribution in [0.25, 0.3) is 0 Å². The minimum Gasteiger partial charge on any atom is -0.394 e. The van der Waals surface area contributed by atoms with Crippen LogP contribution < -0.4 is 0 Å². The van der Waals surface area contributed by atoms with Crippen LogP contribution in [-0.4, -0.2) is 74.6 Å². The molecule has 0 aliphatic carbocycles. The number of aliphatic hydroxyl groups is 5. The molecule has 6 N–H and O–H groups in total. The van der Waals surface area contributed by atoms with Gasteiger partial charge in [0.1, 0.15) is 18.3 Å². The monoisotopic (exact) mass is 260 g/mol. The van der Waals surface area contributed by atoms with Crippen LogP contribution in [0.15, 0.2) is 0 Å². The van der Waals surface area contributed by atoms with E-state index in [0.717, 1.165) is 0 Å². The third kappa shape index (κ3) is 1.94. The fraction of sp³-hybridized carbons (Fsp3) is 1.00. The van der Waals surface area contributed by atoms with E-state index in [1.54, 1.807) is 0 Å². The molecule has 1 heterocycles. The molecule has 96 valence electrons. The molecule has 10 heteroatoms. The van der Waals surface area contributed by atoms with Crippen LogP contribution >= 0.6 is 0 Å². The molecule has 0 aromatic heterocycles. The second-order valence-electron chi connectivity index (χ2n) is 3.37. The number of hydrogen-bond donors (Lipinski definition) is 6. The van der Waals surface area contributed by atoms with Gasteiger partial charge in [0.2, 0.25) is 0 Å². The zero-order valence-electron chi connectivity index (χ0n) is 7.83. The summed E-state index contributed by atoms with van der Waals surface area (Å²) in [6.07, 6.45) is -7.81. The van der Waals surface area contributed by atoms with Gasteiger partial charge in [-0.15, -0.1) is 0 Å². The first-order chi connectivity index (χ1) is 7.15. The smallest absolute Gasteiger partial charge is 0.327 e. The number of ether oxygens (including phenoxy) is 1. The standard InChI is InChI=1S/C6H12O9S/c7-1-2(8)4-3(9)5(10)6(11,15-4)16(12,13)14/h2-5,7-11H,1H2,(H,12,13,14)/t2-,3+,4-,5-,6?/m1/s1. The maximum atomic E-state index is 10.7. The third-order valence-electron chi connectivity index (χ3n) is 2.27. The van der Waals surface area contributed by atoms with Gasteiger partial charge < -0.3 is 30.3 Å². The van der Waals surface area contributed by atoms with Crippen molar-refractivity contribution in [3.8, 4) is 0 Å². The highest BCUT2D eigenvalue weighted by molar-refractivity contribution is 7.86.